The van der Waals surface area contributed by atoms with Gasteiger partial charge in [0.15, 0.2) is 5.78 Å². The van der Waals surface area contributed by atoms with E-state index in [-0.39, 0.29) is 18.0 Å². The van der Waals surface area contributed by atoms with Gasteiger partial charge in [-0.3, -0.25) is 4.79 Å². The minimum atomic E-state index is -0.368. The van der Waals surface area contributed by atoms with Crippen molar-refractivity contribution in [2.45, 2.75) is 6.42 Å². The number of rotatable bonds is 3. The van der Waals surface area contributed by atoms with Crippen LogP contribution in [0.15, 0.2) is 34.1 Å². The molecule has 1 aromatic heterocycles. The maximum absolute atomic E-state index is 13.3. The lowest BCUT2D eigenvalue weighted by molar-refractivity contribution is 0.0997. The molecule has 0 amide bonds. The van der Waals surface area contributed by atoms with Crippen molar-refractivity contribution in [3.8, 4) is 0 Å². The first kappa shape index (κ1) is 12.7. The van der Waals surface area contributed by atoms with Gasteiger partial charge in [-0.05, 0) is 39.0 Å². The Hall–Kier alpha value is -0.710. The lowest BCUT2D eigenvalue weighted by atomic mass is 10.1. The third-order valence-corrected chi connectivity index (χ3v) is 4.52. The first-order valence-corrected chi connectivity index (χ1v) is 6.83. The zero-order chi connectivity index (χ0) is 12.4. The summed E-state index contributed by atoms with van der Waals surface area (Å²) in [6.45, 7) is 0. The van der Waals surface area contributed by atoms with E-state index in [1.165, 1.54) is 17.4 Å². The van der Waals surface area contributed by atoms with E-state index in [2.05, 4.69) is 15.9 Å². The van der Waals surface area contributed by atoms with Gasteiger partial charge in [0.2, 0.25) is 0 Å². The molecule has 0 radical (unpaired) electrons. The maximum Gasteiger partial charge on any atom is 0.178 e. The topological polar surface area (TPSA) is 17.1 Å². The average Bonchev–Trinajstić information content (AvgIpc) is 2.71. The number of hydrogen-bond acceptors (Lipinski definition) is 2. The molecule has 2 rings (SSSR count). The minimum Gasteiger partial charge on any atom is -0.293 e. The molecule has 0 unspecified atom stereocenters. The van der Waals surface area contributed by atoms with Gasteiger partial charge in [0, 0.05) is 6.42 Å². The van der Waals surface area contributed by atoms with E-state index in [4.69, 9.17) is 11.6 Å². The van der Waals surface area contributed by atoms with Gasteiger partial charge in [-0.2, -0.15) is 0 Å². The normalized spacial score (nSPS) is 10.5. The minimum absolute atomic E-state index is 0.101. The SMILES string of the molecule is O=C(Cc1cccc(F)c1Br)c1sccc1Cl. The Bertz CT molecular complexity index is 567. The summed E-state index contributed by atoms with van der Waals surface area (Å²) in [4.78, 5) is 12.5. The summed E-state index contributed by atoms with van der Waals surface area (Å²) in [5.74, 6) is -0.469. The van der Waals surface area contributed by atoms with Crippen LogP contribution in [0, 0.1) is 5.82 Å². The van der Waals surface area contributed by atoms with Crippen molar-refractivity contribution in [1.29, 1.82) is 0 Å². The van der Waals surface area contributed by atoms with Crippen LogP contribution in [0.1, 0.15) is 15.2 Å². The van der Waals surface area contributed by atoms with E-state index in [9.17, 15) is 9.18 Å². The van der Waals surface area contributed by atoms with Gasteiger partial charge >= 0.3 is 0 Å². The molecule has 0 atom stereocenters. The van der Waals surface area contributed by atoms with Crippen LogP contribution >= 0.6 is 38.9 Å². The van der Waals surface area contributed by atoms with Crippen molar-refractivity contribution in [2.24, 2.45) is 0 Å². The molecule has 5 heteroatoms. The highest BCUT2D eigenvalue weighted by molar-refractivity contribution is 9.10. The van der Waals surface area contributed by atoms with Crippen LogP contribution < -0.4 is 0 Å². The van der Waals surface area contributed by atoms with Gasteiger partial charge in [0.25, 0.3) is 0 Å². The first-order valence-electron chi connectivity index (χ1n) is 4.78. The Morgan fingerprint density at radius 1 is 1.41 bits per heavy atom. The molecule has 0 aliphatic rings. The highest BCUT2D eigenvalue weighted by Crippen LogP contribution is 2.26. The van der Waals surface area contributed by atoms with Gasteiger partial charge in [0.05, 0.1) is 14.4 Å². The quantitative estimate of drug-likeness (QED) is 0.742. The Morgan fingerprint density at radius 2 is 2.18 bits per heavy atom. The molecule has 0 spiro atoms. The number of thiophene rings is 1. The summed E-state index contributed by atoms with van der Waals surface area (Å²) in [6, 6.07) is 6.32. The van der Waals surface area contributed by atoms with Crippen LogP contribution in [0.25, 0.3) is 0 Å². The third kappa shape index (κ3) is 2.76. The van der Waals surface area contributed by atoms with Crippen LogP contribution in [0.5, 0.6) is 0 Å². The monoisotopic (exact) mass is 332 g/mol. The Balaban J connectivity index is 2.25. The Morgan fingerprint density at radius 3 is 2.82 bits per heavy atom. The summed E-state index contributed by atoms with van der Waals surface area (Å²) in [7, 11) is 0. The predicted octanol–water partition coefficient (Wildman–Crippen LogP) is 4.73. The number of hydrogen-bond donors (Lipinski definition) is 0. The highest BCUT2D eigenvalue weighted by Gasteiger charge is 2.15. The molecule has 0 bridgehead atoms. The summed E-state index contributed by atoms with van der Waals surface area (Å²) in [5.41, 5.74) is 0.625. The second kappa shape index (κ2) is 5.29. The number of carbonyl (C=O) groups is 1. The maximum atomic E-state index is 13.3. The number of benzene rings is 1. The standard InChI is InChI=1S/C12H7BrClFOS/c13-11-7(2-1-3-9(11)15)6-10(16)12-8(14)4-5-17-12/h1-5H,6H2. The van der Waals surface area contributed by atoms with Gasteiger partial charge in [-0.1, -0.05) is 23.7 Å². The second-order valence-corrected chi connectivity index (χ2v) is 5.53. The molecular weight excluding hydrogens is 327 g/mol. The molecule has 0 saturated carbocycles. The van der Waals surface area contributed by atoms with Crippen molar-refractivity contribution >= 4 is 44.7 Å². The van der Waals surface area contributed by atoms with E-state index in [0.717, 1.165) is 0 Å². The molecule has 0 aliphatic carbocycles. The van der Waals surface area contributed by atoms with E-state index in [0.29, 0.717) is 19.9 Å². The van der Waals surface area contributed by atoms with Gasteiger partial charge in [-0.25, -0.2) is 4.39 Å². The predicted molar refractivity (Wildman–Crippen MR) is 71.5 cm³/mol. The lowest BCUT2D eigenvalue weighted by Crippen LogP contribution is -2.03. The smallest absolute Gasteiger partial charge is 0.178 e. The van der Waals surface area contributed by atoms with Crippen molar-refractivity contribution in [2.75, 3.05) is 0 Å². The van der Waals surface area contributed by atoms with E-state index in [1.807, 2.05) is 0 Å². The number of carbonyl (C=O) groups excluding carboxylic acids is 1. The molecule has 88 valence electrons. The van der Waals surface area contributed by atoms with Crippen molar-refractivity contribution in [3.05, 3.63) is 55.4 Å². The zero-order valence-corrected chi connectivity index (χ0v) is 11.7. The summed E-state index contributed by atoms with van der Waals surface area (Å²) >= 11 is 10.3. The number of Topliss-reactive ketones (excluding diaryl/α,β-unsaturated/α-hetero) is 1. The van der Waals surface area contributed by atoms with Crippen LogP contribution in [0.3, 0.4) is 0 Å². The first-order chi connectivity index (χ1) is 8.09. The van der Waals surface area contributed by atoms with Crippen molar-refractivity contribution < 1.29 is 9.18 Å². The van der Waals surface area contributed by atoms with E-state index >= 15 is 0 Å². The van der Waals surface area contributed by atoms with Crippen LogP contribution in [0.4, 0.5) is 4.39 Å². The molecule has 0 fully saturated rings. The summed E-state index contributed by atoms with van der Waals surface area (Å²) in [6.07, 6.45) is 0.137. The molecule has 1 aromatic carbocycles. The van der Waals surface area contributed by atoms with Gasteiger partial charge in [-0.15, -0.1) is 11.3 Å². The largest absolute Gasteiger partial charge is 0.293 e. The van der Waals surface area contributed by atoms with Crippen molar-refractivity contribution in [3.63, 3.8) is 0 Å². The highest BCUT2D eigenvalue weighted by atomic mass is 79.9. The van der Waals surface area contributed by atoms with E-state index in [1.54, 1.807) is 23.6 Å². The molecule has 0 N–H and O–H groups in total. The molecule has 2 aromatic rings. The number of halogens is 3. The molecule has 0 aliphatic heterocycles. The van der Waals surface area contributed by atoms with Crippen molar-refractivity contribution in [1.82, 2.24) is 0 Å². The third-order valence-electron chi connectivity index (χ3n) is 2.25. The molecule has 0 saturated heterocycles. The van der Waals surface area contributed by atoms with Gasteiger partial charge < -0.3 is 0 Å². The fourth-order valence-corrected chi connectivity index (χ4v) is 2.94. The van der Waals surface area contributed by atoms with Crippen LogP contribution in [0.2, 0.25) is 5.02 Å². The van der Waals surface area contributed by atoms with Crippen LogP contribution in [-0.2, 0) is 6.42 Å². The Kier molecular flexibility index (Phi) is 3.97. The number of ketones is 1. The molecule has 17 heavy (non-hydrogen) atoms. The van der Waals surface area contributed by atoms with Gasteiger partial charge in [0.1, 0.15) is 5.82 Å². The fraction of sp³-hybridized carbons (Fsp3) is 0.0833. The van der Waals surface area contributed by atoms with E-state index < -0.39 is 0 Å². The second-order valence-electron chi connectivity index (χ2n) is 3.41. The fourth-order valence-electron chi connectivity index (χ4n) is 1.43. The van der Waals surface area contributed by atoms with Crippen LogP contribution in [-0.4, -0.2) is 5.78 Å². The Labute approximate surface area is 115 Å². The molecular formula is C12H7BrClFOS. The summed E-state index contributed by atoms with van der Waals surface area (Å²) in [5, 5.41) is 2.21. The average molecular weight is 334 g/mol. The molecule has 1 heterocycles. The molecule has 1 nitrogen and oxygen atoms in total. The zero-order valence-electron chi connectivity index (χ0n) is 8.54. The lowest BCUT2D eigenvalue weighted by Gasteiger charge is -2.04. The summed E-state index contributed by atoms with van der Waals surface area (Å²) < 4.78 is 13.6.